The van der Waals surface area contributed by atoms with Crippen LogP contribution in [-0.4, -0.2) is 20.3 Å². The predicted molar refractivity (Wildman–Crippen MR) is 221 cm³/mol. The molecular weight excluding hydrogens is 645 g/mol. The fourth-order valence-corrected chi connectivity index (χ4v) is 8.21. The van der Waals surface area contributed by atoms with Crippen LogP contribution in [0.4, 0.5) is 5.69 Å². The predicted octanol–water partition coefficient (Wildman–Crippen LogP) is 12.2. The Morgan fingerprint density at radius 3 is 1.60 bits per heavy atom. The first-order chi connectivity index (χ1) is 26.2. The molecule has 3 aromatic heterocycles. The van der Waals surface area contributed by atoms with E-state index in [2.05, 4.69) is 179 Å². The lowest BCUT2D eigenvalue weighted by molar-refractivity contribution is 0.747. The number of para-hydroxylation sites is 2. The number of benzene rings is 6. The summed E-state index contributed by atoms with van der Waals surface area (Å²) in [5, 5.41) is 2.40. The lowest BCUT2D eigenvalue weighted by Crippen LogP contribution is -2.07. The molecule has 1 aliphatic rings. The maximum absolute atomic E-state index is 4.82. The molecule has 0 saturated carbocycles. The summed E-state index contributed by atoms with van der Waals surface area (Å²) in [5.74, 6) is 0.430. The molecule has 1 aliphatic heterocycles. The van der Waals surface area contributed by atoms with E-state index in [-0.39, 0.29) is 0 Å². The normalized spacial score (nSPS) is 13.9. The molecule has 53 heavy (non-hydrogen) atoms. The molecule has 0 spiro atoms. The fourth-order valence-electron chi connectivity index (χ4n) is 8.21. The summed E-state index contributed by atoms with van der Waals surface area (Å²) >= 11 is 0. The van der Waals surface area contributed by atoms with Crippen LogP contribution >= 0.6 is 0 Å². The minimum Gasteiger partial charge on any atom is -0.311 e. The van der Waals surface area contributed by atoms with Crippen LogP contribution < -0.4 is 0 Å². The summed E-state index contributed by atoms with van der Waals surface area (Å²) in [6.45, 7) is 2.30. The third kappa shape index (κ3) is 5.55. The number of rotatable bonds is 7. The first kappa shape index (κ1) is 31.2. The average molecular weight is 683 g/mol. The molecule has 9 aromatic rings. The van der Waals surface area contributed by atoms with E-state index >= 15 is 0 Å². The highest BCUT2D eigenvalue weighted by Crippen LogP contribution is 2.42. The van der Waals surface area contributed by atoms with Gasteiger partial charge in [-0.05, 0) is 101 Å². The summed E-state index contributed by atoms with van der Waals surface area (Å²) in [6.07, 6.45) is 6.71. The minimum absolute atomic E-state index is 0.430. The SMILES string of the molecule is CC1CC=Nc2c1n(-c1ccc(Cc3ccc(-c4ccc(Cc5ccc(-n6c7ccccc7c7ncccc76)cc5)cc4)cc3)cc1)c1ccccc21. The molecule has 0 amide bonds. The molecule has 0 saturated heterocycles. The van der Waals surface area contributed by atoms with Gasteiger partial charge in [0, 0.05) is 40.5 Å². The Bertz CT molecular complexity index is 2730. The van der Waals surface area contributed by atoms with Crippen molar-refractivity contribution >= 4 is 44.7 Å². The number of aromatic nitrogens is 3. The summed E-state index contributed by atoms with van der Waals surface area (Å²) in [5.41, 5.74) is 17.0. The smallest absolute Gasteiger partial charge is 0.0963 e. The highest BCUT2D eigenvalue weighted by molar-refractivity contribution is 6.07. The summed E-state index contributed by atoms with van der Waals surface area (Å²) in [6, 6.07) is 57.4. The molecule has 0 fully saturated rings. The Morgan fingerprint density at radius 1 is 0.509 bits per heavy atom. The van der Waals surface area contributed by atoms with Crippen molar-refractivity contribution in [3.63, 3.8) is 0 Å². The number of hydrogen-bond acceptors (Lipinski definition) is 2. The molecule has 0 radical (unpaired) electrons. The molecule has 0 bridgehead atoms. The minimum atomic E-state index is 0.430. The van der Waals surface area contributed by atoms with Gasteiger partial charge in [-0.2, -0.15) is 0 Å². The van der Waals surface area contributed by atoms with Crippen LogP contribution in [0.15, 0.2) is 169 Å². The van der Waals surface area contributed by atoms with Gasteiger partial charge in [-0.3, -0.25) is 9.98 Å². The Hall–Kier alpha value is -6.52. The lowest BCUT2D eigenvalue weighted by Gasteiger charge is -2.19. The first-order valence-electron chi connectivity index (χ1n) is 18.5. The van der Waals surface area contributed by atoms with E-state index in [4.69, 9.17) is 4.99 Å². The van der Waals surface area contributed by atoms with Crippen LogP contribution in [0.25, 0.3) is 55.3 Å². The third-order valence-corrected chi connectivity index (χ3v) is 10.9. The van der Waals surface area contributed by atoms with Gasteiger partial charge in [0.25, 0.3) is 0 Å². The van der Waals surface area contributed by atoms with Crippen LogP contribution in [0.5, 0.6) is 0 Å². The molecular formula is C49H38N4. The zero-order valence-electron chi connectivity index (χ0n) is 29.7. The van der Waals surface area contributed by atoms with Gasteiger partial charge in [0.2, 0.25) is 0 Å². The molecule has 10 rings (SSSR count). The molecule has 4 heterocycles. The molecule has 0 N–H and O–H groups in total. The van der Waals surface area contributed by atoms with Crippen molar-refractivity contribution in [2.24, 2.45) is 4.99 Å². The van der Waals surface area contributed by atoms with Crippen LogP contribution in [-0.2, 0) is 12.8 Å². The van der Waals surface area contributed by atoms with Gasteiger partial charge in [0.05, 0.1) is 33.4 Å². The molecule has 6 aromatic carbocycles. The van der Waals surface area contributed by atoms with Crippen molar-refractivity contribution in [3.05, 3.63) is 192 Å². The first-order valence-corrected chi connectivity index (χ1v) is 18.5. The van der Waals surface area contributed by atoms with Gasteiger partial charge in [0.1, 0.15) is 0 Å². The van der Waals surface area contributed by atoms with E-state index in [0.29, 0.717) is 5.92 Å². The molecule has 4 heteroatoms. The van der Waals surface area contributed by atoms with Crippen molar-refractivity contribution in [2.75, 3.05) is 0 Å². The Labute approximate surface area is 309 Å². The van der Waals surface area contributed by atoms with Crippen LogP contribution in [0, 0.1) is 0 Å². The van der Waals surface area contributed by atoms with Crippen molar-refractivity contribution in [1.29, 1.82) is 0 Å². The van der Waals surface area contributed by atoms with Gasteiger partial charge in [-0.25, -0.2) is 0 Å². The van der Waals surface area contributed by atoms with Gasteiger partial charge >= 0.3 is 0 Å². The van der Waals surface area contributed by atoms with E-state index in [1.165, 1.54) is 66.6 Å². The lowest BCUT2D eigenvalue weighted by atomic mass is 9.98. The van der Waals surface area contributed by atoms with E-state index in [0.717, 1.165) is 41.7 Å². The number of aliphatic imine (C=N–C) groups is 1. The van der Waals surface area contributed by atoms with E-state index < -0.39 is 0 Å². The Kier molecular flexibility index (Phi) is 7.61. The quantitative estimate of drug-likeness (QED) is 0.165. The standard InChI is InChI=1S/C49H38N4/c1-33-28-30-51-48-43-8-3-5-10-45(43)53(49(33)48)41-26-18-37(19-27-41)32-35-14-22-39(23-15-35)38-20-12-34(13-21-38)31-36-16-24-40(25-17-36)52-44-9-4-2-7-42(44)47-46(52)11-6-29-50-47/h2-27,29-30,33H,28,31-32H2,1H3. The van der Waals surface area contributed by atoms with Crippen molar-refractivity contribution in [1.82, 2.24) is 14.1 Å². The second-order valence-corrected chi connectivity index (χ2v) is 14.3. The molecule has 254 valence electrons. The number of fused-ring (bicyclic) bond motifs is 6. The van der Waals surface area contributed by atoms with Crippen LogP contribution in [0.3, 0.4) is 0 Å². The third-order valence-electron chi connectivity index (χ3n) is 10.9. The van der Waals surface area contributed by atoms with E-state index in [9.17, 15) is 0 Å². The van der Waals surface area contributed by atoms with Gasteiger partial charge < -0.3 is 9.13 Å². The van der Waals surface area contributed by atoms with Crippen LogP contribution in [0.1, 0.15) is 47.2 Å². The zero-order chi connectivity index (χ0) is 35.3. The van der Waals surface area contributed by atoms with Crippen molar-refractivity contribution < 1.29 is 0 Å². The fraction of sp³-hybridized carbons (Fsp3) is 0.102. The highest BCUT2D eigenvalue weighted by atomic mass is 15.0. The largest absolute Gasteiger partial charge is 0.311 e. The molecule has 1 unspecified atom stereocenters. The van der Waals surface area contributed by atoms with Gasteiger partial charge in [0.15, 0.2) is 0 Å². The molecule has 1 atom stereocenters. The number of hydrogen-bond donors (Lipinski definition) is 0. The molecule has 0 aliphatic carbocycles. The molecule has 4 nitrogen and oxygen atoms in total. The van der Waals surface area contributed by atoms with Gasteiger partial charge in [-0.15, -0.1) is 0 Å². The Balaban J connectivity index is 0.821. The topological polar surface area (TPSA) is 35.1 Å². The second kappa shape index (κ2) is 12.9. The monoisotopic (exact) mass is 682 g/mol. The van der Waals surface area contributed by atoms with Gasteiger partial charge in [-0.1, -0.05) is 116 Å². The average Bonchev–Trinajstić information content (AvgIpc) is 3.73. The Morgan fingerprint density at radius 2 is 1.00 bits per heavy atom. The number of pyridine rings is 1. The summed E-state index contributed by atoms with van der Waals surface area (Å²) in [7, 11) is 0. The number of nitrogens with zero attached hydrogens (tertiary/aromatic N) is 4. The maximum atomic E-state index is 4.82. The van der Waals surface area contributed by atoms with Crippen LogP contribution in [0.2, 0.25) is 0 Å². The van der Waals surface area contributed by atoms with Crippen molar-refractivity contribution in [3.8, 4) is 22.5 Å². The highest BCUT2D eigenvalue weighted by Gasteiger charge is 2.24. The van der Waals surface area contributed by atoms with Crippen molar-refractivity contribution in [2.45, 2.75) is 32.1 Å². The maximum Gasteiger partial charge on any atom is 0.0963 e. The summed E-state index contributed by atoms with van der Waals surface area (Å²) in [4.78, 5) is 9.50. The van der Waals surface area contributed by atoms with E-state index in [1.54, 1.807) is 0 Å². The zero-order valence-corrected chi connectivity index (χ0v) is 29.7. The second-order valence-electron chi connectivity index (χ2n) is 14.3. The van der Waals surface area contributed by atoms with E-state index in [1.807, 2.05) is 12.3 Å². The summed E-state index contributed by atoms with van der Waals surface area (Å²) < 4.78 is 4.73.